The summed E-state index contributed by atoms with van der Waals surface area (Å²) in [4.78, 5) is 21.7. The maximum Gasteiger partial charge on any atom is 0.253 e. The Morgan fingerprint density at radius 3 is 2.77 bits per heavy atom. The smallest absolute Gasteiger partial charge is 0.253 e. The van der Waals surface area contributed by atoms with Crippen molar-refractivity contribution >= 4 is 27.7 Å². The second-order valence-electron chi connectivity index (χ2n) is 6.71. The maximum absolute atomic E-state index is 12.8. The van der Waals surface area contributed by atoms with Crippen LogP contribution in [-0.2, 0) is 6.54 Å². The minimum Gasteiger partial charge on any atom is -0.345 e. The van der Waals surface area contributed by atoms with Crippen molar-refractivity contribution in [2.24, 2.45) is 0 Å². The summed E-state index contributed by atoms with van der Waals surface area (Å²) < 4.78 is 2.27. The third-order valence-electron chi connectivity index (χ3n) is 4.90. The number of hydrogen-bond donors (Lipinski definition) is 1. The highest BCUT2D eigenvalue weighted by atomic mass is 16.1. The maximum atomic E-state index is 12.8. The van der Waals surface area contributed by atoms with Crippen molar-refractivity contribution in [1.29, 1.82) is 0 Å². The number of aromatic nitrogens is 3. The van der Waals surface area contributed by atoms with Gasteiger partial charge in [0.2, 0.25) is 0 Å². The highest BCUT2D eigenvalue weighted by Crippen LogP contribution is 2.38. The molecule has 2 heterocycles. The molecule has 0 spiro atoms. The van der Waals surface area contributed by atoms with Crippen molar-refractivity contribution < 1.29 is 4.79 Å². The first kappa shape index (κ1) is 15.1. The van der Waals surface area contributed by atoms with Gasteiger partial charge in [0.05, 0.1) is 23.1 Å². The van der Waals surface area contributed by atoms with E-state index in [1.165, 1.54) is 12.8 Å². The van der Waals surface area contributed by atoms with Crippen molar-refractivity contribution in [3.63, 3.8) is 0 Å². The Bertz CT molecular complexity index is 1120. The normalized spacial score (nSPS) is 14.0. The van der Waals surface area contributed by atoms with Crippen LogP contribution in [0.25, 0.3) is 21.8 Å². The molecule has 1 aliphatic carbocycles. The Morgan fingerprint density at radius 2 is 1.88 bits per heavy atom. The van der Waals surface area contributed by atoms with Crippen molar-refractivity contribution in [3.05, 3.63) is 72.3 Å². The minimum atomic E-state index is -0.122. The number of fused-ring (bicyclic) bond motifs is 2. The lowest BCUT2D eigenvalue weighted by Crippen LogP contribution is -2.25. The number of amides is 1. The minimum absolute atomic E-state index is 0.122. The summed E-state index contributed by atoms with van der Waals surface area (Å²) in [6.07, 6.45) is 5.75. The largest absolute Gasteiger partial charge is 0.345 e. The van der Waals surface area contributed by atoms with Gasteiger partial charge >= 0.3 is 0 Å². The van der Waals surface area contributed by atoms with E-state index in [0.717, 1.165) is 27.6 Å². The van der Waals surface area contributed by atoms with Crippen LogP contribution in [0.3, 0.4) is 0 Å². The van der Waals surface area contributed by atoms with Gasteiger partial charge in [0.25, 0.3) is 5.91 Å². The monoisotopic (exact) mass is 342 g/mol. The van der Waals surface area contributed by atoms with Gasteiger partial charge in [0.15, 0.2) is 0 Å². The number of nitrogens with zero attached hydrogens (tertiary/aromatic N) is 3. The molecule has 0 unspecified atom stereocenters. The molecule has 0 saturated heterocycles. The van der Waals surface area contributed by atoms with E-state index in [1.807, 2.05) is 42.5 Å². The van der Waals surface area contributed by atoms with Gasteiger partial charge in [-0.05, 0) is 30.4 Å². The van der Waals surface area contributed by atoms with Gasteiger partial charge in [-0.3, -0.25) is 9.78 Å². The van der Waals surface area contributed by atoms with Crippen molar-refractivity contribution in [2.45, 2.75) is 25.4 Å². The molecule has 2 aromatic heterocycles. The molecule has 0 radical (unpaired) electrons. The van der Waals surface area contributed by atoms with Crippen LogP contribution in [-0.4, -0.2) is 20.4 Å². The van der Waals surface area contributed by atoms with E-state index >= 15 is 0 Å². The molecule has 0 atom stereocenters. The lowest BCUT2D eigenvalue weighted by molar-refractivity contribution is 0.0951. The number of nitrogens with one attached hydrogen (secondary N) is 1. The van der Waals surface area contributed by atoms with Gasteiger partial charge in [-0.25, -0.2) is 4.98 Å². The molecule has 128 valence electrons. The Balaban J connectivity index is 1.45. The van der Waals surface area contributed by atoms with Gasteiger partial charge < -0.3 is 9.88 Å². The zero-order valence-corrected chi connectivity index (χ0v) is 14.2. The third kappa shape index (κ3) is 2.52. The zero-order chi connectivity index (χ0) is 17.5. The van der Waals surface area contributed by atoms with E-state index in [9.17, 15) is 4.79 Å². The molecule has 1 aliphatic rings. The summed E-state index contributed by atoms with van der Waals surface area (Å²) in [6, 6.07) is 16.5. The van der Waals surface area contributed by atoms with E-state index in [0.29, 0.717) is 18.2 Å². The van der Waals surface area contributed by atoms with Gasteiger partial charge in [0.1, 0.15) is 5.82 Å². The molecule has 4 aromatic rings. The third-order valence-corrected chi connectivity index (χ3v) is 4.90. The lowest BCUT2D eigenvalue weighted by Gasteiger charge is -2.10. The highest BCUT2D eigenvalue weighted by molar-refractivity contribution is 6.06. The van der Waals surface area contributed by atoms with Crippen LogP contribution in [0.1, 0.15) is 35.1 Å². The predicted molar refractivity (Wildman–Crippen MR) is 101 cm³/mol. The molecule has 26 heavy (non-hydrogen) atoms. The average Bonchev–Trinajstić information content (AvgIpc) is 3.45. The fourth-order valence-corrected chi connectivity index (χ4v) is 3.51. The Hall–Kier alpha value is -3.21. The number of benzene rings is 2. The second-order valence-corrected chi connectivity index (χ2v) is 6.71. The molecule has 5 nitrogen and oxygen atoms in total. The van der Waals surface area contributed by atoms with Crippen molar-refractivity contribution in [1.82, 2.24) is 19.9 Å². The van der Waals surface area contributed by atoms with E-state index in [1.54, 1.807) is 12.4 Å². The number of carbonyl (C=O) groups excluding carboxylic acids is 1. The summed E-state index contributed by atoms with van der Waals surface area (Å²) in [6.45, 7) is 0.410. The quantitative estimate of drug-likeness (QED) is 0.613. The van der Waals surface area contributed by atoms with E-state index in [2.05, 4.69) is 20.9 Å². The van der Waals surface area contributed by atoms with Crippen LogP contribution in [0, 0.1) is 0 Å². The second kappa shape index (κ2) is 5.95. The van der Waals surface area contributed by atoms with Gasteiger partial charge in [0, 0.05) is 23.8 Å². The van der Waals surface area contributed by atoms with E-state index < -0.39 is 0 Å². The highest BCUT2D eigenvalue weighted by Gasteiger charge is 2.28. The van der Waals surface area contributed by atoms with Crippen molar-refractivity contribution in [3.8, 4) is 0 Å². The van der Waals surface area contributed by atoms with Gasteiger partial charge in [-0.15, -0.1) is 0 Å². The average molecular weight is 342 g/mol. The molecular formula is C21H18N4O. The Labute approximate surface area is 150 Å². The molecular weight excluding hydrogens is 324 g/mol. The summed E-state index contributed by atoms with van der Waals surface area (Å²) in [5.41, 5.74) is 2.72. The first-order valence-electron chi connectivity index (χ1n) is 8.88. The van der Waals surface area contributed by atoms with Crippen LogP contribution in [0.2, 0.25) is 0 Å². The zero-order valence-electron chi connectivity index (χ0n) is 14.2. The van der Waals surface area contributed by atoms with Crippen LogP contribution in [0.15, 0.2) is 60.9 Å². The van der Waals surface area contributed by atoms with Crippen molar-refractivity contribution in [2.75, 3.05) is 0 Å². The molecule has 0 bridgehead atoms. The number of para-hydroxylation sites is 2. The summed E-state index contributed by atoms with van der Waals surface area (Å²) in [5, 5.41) is 4.91. The number of hydrogen-bond acceptors (Lipinski definition) is 3. The van der Waals surface area contributed by atoms with Gasteiger partial charge in [-0.2, -0.15) is 0 Å². The van der Waals surface area contributed by atoms with Crippen LogP contribution >= 0.6 is 0 Å². The Kier molecular flexibility index (Phi) is 3.45. The molecule has 0 aliphatic heterocycles. The van der Waals surface area contributed by atoms with Gasteiger partial charge in [-0.1, -0.05) is 36.4 Å². The number of pyridine rings is 1. The molecule has 1 N–H and O–H groups in total. The SMILES string of the molecule is O=C(NCc1nc2ccccc2n1C1CC1)c1cncc2ccccc12. The first-order chi connectivity index (χ1) is 12.8. The number of rotatable bonds is 4. The van der Waals surface area contributed by atoms with Crippen LogP contribution in [0.4, 0.5) is 0 Å². The molecule has 5 heteroatoms. The standard InChI is InChI=1S/C21H18N4O/c26-21(17-12-22-11-14-5-1-2-6-16(14)17)23-13-20-24-18-7-3-4-8-19(18)25(20)15-9-10-15/h1-8,11-12,15H,9-10,13H2,(H,23,26). The lowest BCUT2D eigenvalue weighted by atomic mass is 10.1. The fraction of sp³-hybridized carbons (Fsp3) is 0.190. The molecule has 1 fully saturated rings. The summed E-state index contributed by atoms with van der Waals surface area (Å²) >= 11 is 0. The Morgan fingerprint density at radius 1 is 1.08 bits per heavy atom. The number of imidazole rings is 1. The van der Waals surface area contributed by atoms with Crippen LogP contribution in [0.5, 0.6) is 0 Å². The van der Waals surface area contributed by atoms with Crippen LogP contribution < -0.4 is 5.32 Å². The molecule has 1 amide bonds. The molecule has 2 aromatic carbocycles. The van der Waals surface area contributed by atoms with E-state index in [4.69, 9.17) is 4.98 Å². The molecule has 5 rings (SSSR count). The van der Waals surface area contributed by atoms with E-state index in [-0.39, 0.29) is 5.91 Å². The first-order valence-corrected chi connectivity index (χ1v) is 8.88. The topological polar surface area (TPSA) is 59.8 Å². The summed E-state index contributed by atoms with van der Waals surface area (Å²) in [7, 11) is 0. The fourth-order valence-electron chi connectivity index (χ4n) is 3.51. The number of carbonyl (C=O) groups is 1. The molecule has 1 saturated carbocycles. The predicted octanol–water partition coefficient (Wildman–Crippen LogP) is 3.85. The summed E-state index contributed by atoms with van der Waals surface area (Å²) in [5.74, 6) is 0.791.